The first-order valence-electron chi connectivity index (χ1n) is 24.4. The third kappa shape index (κ3) is 9.54. The van der Waals surface area contributed by atoms with E-state index in [-0.39, 0.29) is 35.9 Å². The molecule has 0 bridgehead atoms. The molecule has 0 spiro atoms. The molecule has 0 radical (unpaired) electrons. The minimum Gasteiger partial charge on any atom is -0.453 e. The number of hydrogen-bond acceptors (Lipinski definition) is 10. The van der Waals surface area contributed by atoms with E-state index in [0.717, 1.165) is 101 Å². The molecule has 3 aromatic heterocycles. The number of hydrogen-bond donors (Lipinski definition) is 4. The summed E-state index contributed by atoms with van der Waals surface area (Å²) < 4.78 is 15.9. The molecule has 3 saturated heterocycles. The molecule has 4 amide bonds. The summed E-state index contributed by atoms with van der Waals surface area (Å²) in [4.78, 5) is 79.3. The van der Waals surface area contributed by atoms with Crippen LogP contribution in [0, 0.1) is 5.92 Å². The third-order valence-corrected chi connectivity index (χ3v) is 14.1. The number of ether oxygens (including phenoxy) is 3. The molecular formula is C53H59N9O7. The van der Waals surface area contributed by atoms with Crippen LogP contribution >= 0.6 is 0 Å². The number of H-pyrrole nitrogens is 2. The van der Waals surface area contributed by atoms with Crippen LogP contribution in [0.1, 0.15) is 105 Å². The Kier molecular flexibility index (Phi) is 13.2. The summed E-state index contributed by atoms with van der Waals surface area (Å²) in [7, 11) is 1.30. The number of alkyl carbamates (subject to hydrolysis) is 2. The predicted molar refractivity (Wildman–Crippen MR) is 259 cm³/mol. The van der Waals surface area contributed by atoms with Gasteiger partial charge in [0, 0.05) is 53.7 Å². The maximum Gasteiger partial charge on any atom is 0.408 e. The molecule has 10 rings (SSSR count). The second-order valence-electron chi connectivity index (χ2n) is 18.9. The van der Waals surface area contributed by atoms with Crippen molar-refractivity contribution in [2.45, 2.75) is 102 Å². The average Bonchev–Trinajstić information content (AvgIpc) is 4.22. The second-order valence-corrected chi connectivity index (χ2v) is 18.9. The Balaban J connectivity index is 0.838. The topological polar surface area (TPSA) is 197 Å². The number of nitrogens with zero attached hydrogens (tertiary/aromatic N) is 5. The van der Waals surface area contributed by atoms with E-state index in [1.165, 1.54) is 12.7 Å². The van der Waals surface area contributed by atoms with Gasteiger partial charge in [-0.05, 0) is 86.3 Å². The molecule has 6 heterocycles. The number of amides is 4. The Morgan fingerprint density at radius 1 is 0.754 bits per heavy atom. The number of rotatable bonds is 11. The maximum atomic E-state index is 14.3. The molecule has 0 saturated carbocycles. The van der Waals surface area contributed by atoms with E-state index in [4.69, 9.17) is 29.2 Å². The molecule has 358 valence electrons. The van der Waals surface area contributed by atoms with Crippen molar-refractivity contribution in [3.8, 4) is 33.8 Å². The first-order valence-corrected chi connectivity index (χ1v) is 24.4. The lowest BCUT2D eigenvalue weighted by molar-refractivity contribution is -0.136. The molecule has 3 aliphatic heterocycles. The highest BCUT2D eigenvalue weighted by molar-refractivity contribution is 5.89. The van der Waals surface area contributed by atoms with E-state index in [1.54, 1.807) is 0 Å². The van der Waals surface area contributed by atoms with E-state index in [0.29, 0.717) is 50.5 Å². The molecule has 6 aromatic rings. The molecule has 16 heteroatoms. The van der Waals surface area contributed by atoms with Crippen molar-refractivity contribution in [2.24, 2.45) is 5.92 Å². The number of methoxy groups -OCH3 is 1. The summed E-state index contributed by atoms with van der Waals surface area (Å²) >= 11 is 0. The summed E-state index contributed by atoms with van der Waals surface area (Å²) in [6.45, 7) is 6.06. The molecule has 4 aliphatic rings. The van der Waals surface area contributed by atoms with Crippen LogP contribution in [0.5, 0.6) is 0 Å². The highest BCUT2D eigenvalue weighted by Gasteiger charge is 2.39. The fraction of sp³-hybridized carbons (Fsp3) is 0.415. The lowest BCUT2D eigenvalue weighted by Crippen LogP contribution is -2.51. The number of carbonyl (C=O) groups excluding carboxylic acids is 4. The Hall–Kier alpha value is -7.07. The molecule has 69 heavy (non-hydrogen) atoms. The van der Waals surface area contributed by atoms with Crippen LogP contribution < -0.4 is 10.6 Å². The summed E-state index contributed by atoms with van der Waals surface area (Å²) in [5.74, 6) is 1.04. The monoisotopic (exact) mass is 933 g/mol. The lowest BCUT2D eigenvalue weighted by Gasteiger charge is -2.30. The van der Waals surface area contributed by atoms with Crippen LogP contribution in [-0.2, 0) is 36.6 Å². The molecule has 3 aromatic carbocycles. The third-order valence-electron chi connectivity index (χ3n) is 14.1. The normalized spacial score (nSPS) is 19.1. The summed E-state index contributed by atoms with van der Waals surface area (Å²) in [5.41, 5.74) is 9.55. The van der Waals surface area contributed by atoms with Crippen LogP contribution in [0.2, 0.25) is 0 Å². The molecule has 16 nitrogen and oxygen atoms in total. The molecular weight excluding hydrogens is 875 g/mol. The highest BCUT2D eigenvalue weighted by atomic mass is 16.6. The van der Waals surface area contributed by atoms with Gasteiger partial charge in [-0.1, -0.05) is 68.4 Å². The van der Waals surface area contributed by atoms with Gasteiger partial charge < -0.3 is 44.6 Å². The number of benzene rings is 3. The van der Waals surface area contributed by atoms with Crippen molar-refractivity contribution >= 4 is 34.9 Å². The van der Waals surface area contributed by atoms with E-state index in [9.17, 15) is 19.2 Å². The fourth-order valence-corrected chi connectivity index (χ4v) is 10.4. The van der Waals surface area contributed by atoms with Gasteiger partial charge in [-0.2, -0.15) is 0 Å². The highest BCUT2D eigenvalue weighted by Crippen LogP contribution is 2.39. The standard InChI is InChI=1S/C53H59N9O7/c1-31(2)45(59-52(65)67-3)50(63)62-25-9-15-44(62)49-56-41-13-7-12-33-28-34(16-19-38(33)47(41)58-49)39-20-17-35-29-36(18-21-40(35)55-39)42-30-54-48(57-42)43-14-8-24-61(43)51(64)46(32-10-5-4-6-11-32)60-53(66)69-37-22-26-68-27-23-37/h4-6,10-11,16-21,28-31,37,43-46H,7-9,12-15,22-27H2,1-3H3,(H,54,57)(H,56,58)(H,59,65)(H,60,66)/t43-,44-,45-,46+/m0/s1. The summed E-state index contributed by atoms with van der Waals surface area (Å²) in [6, 6.07) is 24.0. The van der Waals surface area contributed by atoms with Gasteiger partial charge in [-0.15, -0.1) is 0 Å². The number of pyridine rings is 1. The number of nitrogens with one attached hydrogen (secondary N) is 4. The zero-order chi connectivity index (χ0) is 47.6. The first kappa shape index (κ1) is 45.7. The second kappa shape index (κ2) is 19.9. The van der Waals surface area contributed by atoms with Crippen LogP contribution in [0.25, 0.3) is 44.7 Å². The number of imidazole rings is 2. The predicted octanol–water partition coefficient (Wildman–Crippen LogP) is 8.52. The van der Waals surface area contributed by atoms with Gasteiger partial charge in [0.1, 0.15) is 29.8 Å². The smallest absolute Gasteiger partial charge is 0.408 e. The van der Waals surface area contributed by atoms with Gasteiger partial charge in [0.25, 0.3) is 5.91 Å². The van der Waals surface area contributed by atoms with Gasteiger partial charge in [0.2, 0.25) is 5.91 Å². The van der Waals surface area contributed by atoms with Crippen molar-refractivity contribution in [3.63, 3.8) is 0 Å². The van der Waals surface area contributed by atoms with Gasteiger partial charge >= 0.3 is 12.2 Å². The summed E-state index contributed by atoms with van der Waals surface area (Å²) in [6.07, 6.45) is 7.48. The average molecular weight is 934 g/mol. The van der Waals surface area contributed by atoms with Crippen molar-refractivity contribution in [1.82, 2.24) is 45.4 Å². The Labute approximate surface area is 400 Å². The number of carbonyl (C=O) groups is 4. The Morgan fingerprint density at radius 3 is 2.28 bits per heavy atom. The Morgan fingerprint density at radius 2 is 1.51 bits per heavy atom. The first-order chi connectivity index (χ1) is 33.6. The van der Waals surface area contributed by atoms with Crippen molar-refractivity contribution < 1.29 is 33.4 Å². The van der Waals surface area contributed by atoms with Gasteiger partial charge in [-0.3, -0.25) is 9.59 Å². The molecule has 0 unspecified atom stereocenters. The quantitative estimate of drug-likeness (QED) is 0.0978. The van der Waals surface area contributed by atoms with E-state index >= 15 is 0 Å². The SMILES string of the molecule is COC(=O)N[C@H](C(=O)N1CCC[C@H]1c1nc2c([nH]1)CCCc1cc(-c3ccc4cc(-c5cnc([C@@H]6CCCN6C(=O)[C@H](NC(=O)OC6CCOCC6)c6ccccc6)[nH]5)ccc4n3)ccc1-2)C(C)C. The van der Waals surface area contributed by atoms with Crippen molar-refractivity contribution in [3.05, 3.63) is 114 Å². The number of aromatic nitrogens is 5. The largest absolute Gasteiger partial charge is 0.453 e. The zero-order valence-electron chi connectivity index (χ0n) is 39.3. The molecule has 4 N–H and O–H groups in total. The van der Waals surface area contributed by atoms with E-state index in [2.05, 4.69) is 57.0 Å². The number of aromatic amines is 2. The maximum absolute atomic E-state index is 14.3. The van der Waals surface area contributed by atoms with Gasteiger partial charge in [-0.25, -0.2) is 24.5 Å². The van der Waals surface area contributed by atoms with E-state index in [1.807, 2.05) is 72.3 Å². The van der Waals surface area contributed by atoms with Gasteiger partial charge in [0.15, 0.2) is 0 Å². The van der Waals surface area contributed by atoms with Gasteiger partial charge in [0.05, 0.1) is 61.2 Å². The molecule has 3 fully saturated rings. The number of likely N-dealkylation sites (tertiary alicyclic amines) is 2. The molecule has 4 atom stereocenters. The van der Waals surface area contributed by atoms with Crippen molar-refractivity contribution in [2.75, 3.05) is 33.4 Å². The number of fused-ring (bicyclic) bond motifs is 4. The fourth-order valence-electron chi connectivity index (χ4n) is 10.4. The zero-order valence-corrected chi connectivity index (χ0v) is 39.3. The minimum atomic E-state index is -0.911. The van der Waals surface area contributed by atoms with Crippen LogP contribution in [0.4, 0.5) is 9.59 Å². The molecule has 1 aliphatic carbocycles. The Bertz CT molecular complexity index is 2850. The lowest BCUT2D eigenvalue weighted by atomic mass is 9.98. The minimum absolute atomic E-state index is 0.111. The van der Waals surface area contributed by atoms with E-state index < -0.39 is 24.3 Å². The van der Waals surface area contributed by atoms with Crippen molar-refractivity contribution in [1.29, 1.82) is 0 Å². The van der Waals surface area contributed by atoms with Crippen LogP contribution in [0.3, 0.4) is 0 Å². The van der Waals surface area contributed by atoms with Crippen LogP contribution in [-0.4, -0.2) is 104 Å². The van der Waals surface area contributed by atoms with Crippen LogP contribution in [0.15, 0.2) is 85.1 Å². The summed E-state index contributed by atoms with van der Waals surface area (Å²) in [5, 5.41) is 6.60. The number of aryl methyl sites for hydroxylation is 2.